The number of aromatic nitrogens is 2. The second-order valence-electron chi connectivity index (χ2n) is 6.58. The number of imidazole rings is 1. The van der Waals surface area contributed by atoms with E-state index in [1.54, 1.807) is 0 Å². The molecule has 108 valence electrons. The molecule has 1 unspecified atom stereocenters. The van der Waals surface area contributed by atoms with Crippen molar-refractivity contribution in [1.82, 2.24) is 19.8 Å². The highest BCUT2D eigenvalue weighted by Crippen LogP contribution is 2.22. The molecule has 0 aliphatic carbocycles. The van der Waals surface area contributed by atoms with Gasteiger partial charge in [-0.1, -0.05) is 27.7 Å². The summed E-state index contributed by atoms with van der Waals surface area (Å²) >= 11 is 0. The van der Waals surface area contributed by atoms with Crippen LogP contribution in [0.1, 0.15) is 39.9 Å². The van der Waals surface area contributed by atoms with E-state index in [4.69, 9.17) is 0 Å². The van der Waals surface area contributed by atoms with Crippen LogP contribution in [0.2, 0.25) is 0 Å². The number of fused-ring (bicyclic) bond motifs is 1. The van der Waals surface area contributed by atoms with E-state index in [1.165, 1.54) is 12.2 Å². The van der Waals surface area contributed by atoms with Gasteiger partial charge >= 0.3 is 0 Å². The van der Waals surface area contributed by atoms with Gasteiger partial charge in [0.05, 0.1) is 6.54 Å². The number of hydrogen-bond acceptors (Lipinski definition) is 3. The average molecular weight is 264 g/mol. The lowest BCUT2D eigenvalue weighted by Gasteiger charge is -2.34. The van der Waals surface area contributed by atoms with Crippen LogP contribution in [0.25, 0.3) is 0 Å². The van der Waals surface area contributed by atoms with E-state index in [0.717, 1.165) is 32.7 Å². The molecule has 1 aromatic heterocycles. The van der Waals surface area contributed by atoms with Crippen LogP contribution in [0, 0.1) is 5.41 Å². The monoisotopic (exact) mass is 264 g/mol. The van der Waals surface area contributed by atoms with Gasteiger partial charge in [0.15, 0.2) is 0 Å². The average Bonchev–Trinajstić information content (AvgIpc) is 2.80. The molecule has 1 aromatic rings. The third kappa shape index (κ3) is 3.80. The van der Waals surface area contributed by atoms with Crippen molar-refractivity contribution in [2.24, 2.45) is 5.41 Å². The number of nitrogens with one attached hydrogen (secondary N) is 1. The first-order valence-electron chi connectivity index (χ1n) is 7.46. The van der Waals surface area contributed by atoms with Crippen LogP contribution in [-0.4, -0.2) is 40.1 Å². The Morgan fingerprint density at radius 1 is 1.37 bits per heavy atom. The molecule has 4 nitrogen and oxygen atoms in total. The smallest absolute Gasteiger partial charge is 0.122 e. The van der Waals surface area contributed by atoms with Crippen LogP contribution in [0.15, 0.2) is 12.4 Å². The highest BCUT2D eigenvalue weighted by molar-refractivity contribution is 4.95. The Bertz CT molecular complexity index is 391. The molecule has 1 N–H and O–H groups in total. The molecule has 0 spiro atoms. The maximum absolute atomic E-state index is 4.42. The predicted molar refractivity (Wildman–Crippen MR) is 79.0 cm³/mol. The summed E-state index contributed by atoms with van der Waals surface area (Å²) in [5.74, 6) is 1.21. The van der Waals surface area contributed by atoms with Crippen molar-refractivity contribution < 1.29 is 0 Å². The van der Waals surface area contributed by atoms with Crippen LogP contribution in [-0.2, 0) is 13.1 Å². The Balaban J connectivity index is 1.85. The third-order valence-electron chi connectivity index (χ3n) is 4.05. The van der Waals surface area contributed by atoms with Gasteiger partial charge in [-0.2, -0.15) is 0 Å². The van der Waals surface area contributed by atoms with Crippen LogP contribution in [0.5, 0.6) is 0 Å². The van der Waals surface area contributed by atoms with E-state index < -0.39 is 0 Å². The minimum absolute atomic E-state index is 0.324. The fraction of sp³-hybridized carbons (Fsp3) is 0.800. The molecular formula is C15H28N4. The van der Waals surface area contributed by atoms with Gasteiger partial charge in [0.1, 0.15) is 5.82 Å². The maximum Gasteiger partial charge on any atom is 0.122 e. The molecule has 4 heteroatoms. The van der Waals surface area contributed by atoms with Crippen LogP contribution < -0.4 is 5.32 Å². The highest BCUT2D eigenvalue weighted by Gasteiger charge is 2.25. The molecule has 0 saturated heterocycles. The van der Waals surface area contributed by atoms with Gasteiger partial charge in [-0.3, -0.25) is 4.90 Å². The molecule has 0 aromatic carbocycles. The summed E-state index contributed by atoms with van der Waals surface area (Å²) in [5.41, 5.74) is 0.324. The zero-order valence-electron chi connectivity index (χ0n) is 12.8. The fourth-order valence-electron chi connectivity index (χ4n) is 2.81. The van der Waals surface area contributed by atoms with Crippen molar-refractivity contribution in [1.29, 1.82) is 0 Å². The molecule has 2 heterocycles. The first-order chi connectivity index (χ1) is 9.00. The number of rotatable bonds is 5. The Morgan fingerprint density at radius 3 is 2.84 bits per heavy atom. The molecule has 1 aliphatic rings. The van der Waals surface area contributed by atoms with Crippen molar-refractivity contribution in [3.63, 3.8) is 0 Å². The Labute approximate surface area is 117 Å². The third-order valence-corrected chi connectivity index (χ3v) is 4.05. The summed E-state index contributed by atoms with van der Waals surface area (Å²) < 4.78 is 2.27. The van der Waals surface area contributed by atoms with Crippen molar-refractivity contribution in [2.75, 3.05) is 19.6 Å². The molecule has 1 atom stereocenters. The first kappa shape index (κ1) is 14.5. The molecule has 0 saturated carbocycles. The lowest BCUT2D eigenvalue weighted by molar-refractivity contribution is 0.178. The van der Waals surface area contributed by atoms with Crippen molar-refractivity contribution in [3.8, 4) is 0 Å². The summed E-state index contributed by atoms with van der Waals surface area (Å²) in [7, 11) is 0. The zero-order chi connectivity index (χ0) is 13.9. The summed E-state index contributed by atoms with van der Waals surface area (Å²) in [6.07, 6.45) is 5.21. The SMILES string of the molecule is CCNC(CCN1CCn2ccnc2C1)C(C)(C)C. The van der Waals surface area contributed by atoms with E-state index in [1.807, 2.05) is 6.20 Å². The van der Waals surface area contributed by atoms with Gasteiger partial charge in [-0.15, -0.1) is 0 Å². The van der Waals surface area contributed by atoms with E-state index in [-0.39, 0.29) is 0 Å². The number of nitrogens with zero attached hydrogens (tertiary/aromatic N) is 3. The molecular weight excluding hydrogens is 236 g/mol. The van der Waals surface area contributed by atoms with E-state index in [2.05, 4.69) is 53.7 Å². The second kappa shape index (κ2) is 6.06. The largest absolute Gasteiger partial charge is 0.333 e. The molecule has 0 radical (unpaired) electrons. The fourth-order valence-corrected chi connectivity index (χ4v) is 2.81. The van der Waals surface area contributed by atoms with Gasteiger partial charge in [-0.25, -0.2) is 4.98 Å². The summed E-state index contributed by atoms with van der Waals surface area (Å²) in [4.78, 5) is 6.95. The Morgan fingerprint density at radius 2 is 2.16 bits per heavy atom. The van der Waals surface area contributed by atoms with E-state index in [0.29, 0.717) is 11.5 Å². The first-order valence-corrected chi connectivity index (χ1v) is 7.46. The Kier molecular flexibility index (Phi) is 4.63. The topological polar surface area (TPSA) is 33.1 Å². The van der Waals surface area contributed by atoms with Gasteiger partial charge in [0.2, 0.25) is 0 Å². The van der Waals surface area contributed by atoms with Crippen LogP contribution in [0.3, 0.4) is 0 Å². The van der Waals surface area contributed by atoms with Gasteiger partial charge in [-0.05, 0) is 18.4 Å². The summed E-state index contributed by atoms with van der Waals surface area (Å²) in [6, 6.07) is 0.583. The van der Waals surface area contributed by atoms with Crippen LogP contribution >= 0.6 is 0 Å². The quantitative estimate of drug-likeness (QED) is 0.884. The second-order valence-corrected chi connectivity index (χ2v) is 6.58. The highest BCUT2D eigenvalue weighted by atomic mass is 15.2. The normalized spacial score (nSPS) is 18.3. The van der Waals surface area contributed by atoms with Crippen molar-refractivity contribution in [3.05, 3.63) is 18.2 Å². The van der Waals surface area contributed by atoms with Gasteiger partial charge < -0.3 is 9.88 Å². The minimum Gasteiger partial charge on any atom is -0.333 e. The lowest BCUT2D eigenvalue weighted by atomic mass is 9.84. The van der Waals surface area contributed by atoms with Gasteiger partial charge in [0.25, 0.3) is 0 Å². The summed E-state index contributed by atoms with van der Waals surface area (Å²) in [6.45, 7) is 14.6. The minimum atomic E-state index is 0.324. The standard InChI is InChI=1S/C15H28N4/c1-5-16-13(15(2,3)4)6-8-18-10-11-19-9-7-17-14(19)12-18/h7,9,13,16H,5-6,8,10-12H2,1-4H3. The van der Waals surface area contributed by atoms with Crippen molar-refractivity contribution >= 4 is 0 Å². The predicted octanol–water partition coefficient (Wildman–Crippen LogP) is 2.11. The van der Waals surface area contributed by atoms with Crippen LogP contribution in [0.4, 0.5) is 0 Å². The van der Waals surface area contributed by atoms with E-state index >= 15 is 0 Å². The molecule has 0 amide bonds. The van der Waals surface area contributed by atoms with E-state index in [9.17, 15) is 0 Å². The molecule has 1 aliphatic heterocycles. The Hall–Kier alpha value is -0.870. The molecule has 0 bridgehead atoms. The summed E-state index contributed by atoms with van der Waals surface area (Å²) in [5, 5.41) is 3.63. The number of hydrogen-bond donors (Lipinski definition) is 1. The molecule has 0 fully saturated rings. The lowest BCUT2D eigenvalue weighted by Crippen LogP contribution is -2.44. The molecule has 2 rings (SSSR count). The van der Waals surface area contributed by atoms with Gasteiger partial charge in [0, 0.05) is 38.1 Å². The van der Waals surface area contributed by atoms with Crippen molar-refractivity contribution in [2.45, 2.75) is 53.2 Å². The zero-order valence-corrected chi connectivity index (χ0v) is 12.8. The molecule has 19 heavy (non-hydrogen) atoms. The maximum atomic E-state index is 4.42.